The average Bonchev–Trinajstić information content (AvgIpc) is 2.86. The fraction of sp³-hybridized carbons (Fsp3) is 0.286. The molecule has 0 radical (unpaired) electrons. The summed E-state index contributed by atoms with van der Waals surface area (Å²) < 4.78 is 48.6. The molecule has 4 rings (SSSR count). The van der Waals surface area contributed by atoms with Crippen molar-refractivity contribution in [1.29, 1.82) is 0 Å². The number of hydrogen-bond donors (Lipinski definition) is 1. The summed E-state index contributed by atoms with van der Waals surface area (Å²) in [4.78, 5) is 17.8. The van der Waals surface area contributed by atoms with Gasteiger partial charge in [-0.1, -0.05) is 36.4 Å². The predicted molar refractivity (Wildman–Crippen MR) is 134 cm³/mol. The zero-order valence-electron chi connectivity index (χ0n) is 20.7. The Morgan fingerprint density at radius 1 is 1.00 bits per heavy atom. The number of hydrogen-bond acceptors (Lipinski definition) is 7. The summed E-state index contributed by atoms with van der Waals surface area (Å²) in [5.74, 6) is -0.582. The normalized spacial score (nSPS) is 14.7. The van der Waals surface area contributed by atoms with E-state index in [-0.39, 0.29) is 36.5 Å². The summed E-state index contributed by atoms with van der Waals surface area (Å²) in [6.45, 7) is 2.52. The molecule has 9 heteroatoms. The monoisotopic (exact) mass is 510 g/mol. The fourth-order valence-electron chi connectivity index (χ4n) is 4.18. The van der Waals surface area contributed by atoms with Crippen LogP contribution in [-0.2, 0) is 9.53 Å². The van der Waals surface area contributed by atoms with Crippen molar-refractivity contribution in [3.63, 3.8) is 0 Å². The molecule has 0 fully saturated rings. The molecule has 1 aliphatic heterocycles. The Morgan fingerprint density at radius 2 is 1.73 bits per heavy atom. The van der Waals surface area contributed by atoms with Gasteiger partial charge in [-0.25, -0.2) is 9.78 Å². The molecule has 2 heterocycles. The number of ether oxygens (including phenoxy) is 4. The summed E-state index contributed by atoms with van der Waals surface area (Å²) in [6, 6.07) is 17.3. The topological polar surface area (TPSA) is 78.9 Å². The Hall–Kier alpha value is -4.14. The van der Waals surface area contributed by atoms with Gasteiger partial charge in [-0.15, -0.1) is 0 Å². The van der Waals surface area contributed by atoms with Gasteiger partial charge in [-0.3, -0.25) is 0 Å². The number of alkyl halides is 2. The number of nitrogens with one attached hydrogen (secondary N) is 1. The van der Waals surface area contributed by atoms with Crippen molar-refractivity contribution in [2.24, 2.45) is 0 Å². The smallest absolute Gasteiger partial charge is 0.387 e. The van der Waals surface area contributed by atoms with Crippen LogP contribution in [0, 0.1) is 0 Å². The highest BCUT2D eigenvalue weighted by Gasteiger charge is 2.38. The number of para-hydroxylation sites is 2. The van der Waals surface area contributed by atoms with E-state index in [0.29, 0.717) is 28.3 Å². The van der Waals surface area contributed by atoms with Crippen LogP contribution in [0.1, 0.15) is 37.8 Å². The summed E-state index contributed by atoms with van der Waals surface area (Å²) in [5, 5.41) is 3.22. The van der Waals surface area contributed by atoms with Crippen LogP contribution in [0.5, 0.6) is 17.4 Å². The van der Waals surface area contributed by atoms with E-state index in [9.17, 15) is 13.6 Å². The third-order valence-electron chi connectivity index (χ3n) is 5.60. The molecule has 0 spiro atoms. The number of carbonyl (C=O) groups excluding carboxylic acids is 1. The number of rotatable bonds is 10. The van der Waals surface area contributed by atoms with Crippen LogP contribution in [0.15, 0.2) is 78.1 Å². The molecule has 0 amide bonds. The molecule has 0 aliphatic carbocycles. The van der Waals surface area contributed by atoms with Crippen molar-refractivity contribution in [2.75, 3.05) is 18.5 Å². The Kier molecular flexibility index (Phi) is 8.22. The number of aromatic nitrogens is 1. The number of halogens is 2. The van der Waals surface area contributed by atoms with Gasteiger partial charge in [0.15, 0.2) is 0 Å². The highest BCUT2D eigenvalue weighted by molar-refractivity contribution is 5.95. The van der Waals surface area contributed by atoms with E-state index < -0.39 is 18.5 Å². The van der Waals surface area contributed by atoms with Gasteiger partial charge >= 0.3 is 12.6 Å². The molecule has 3 aromatic rings. The van der Waals surface area contributed by atoms with Gasteiger partial charge in [-0.05, 0) is 45.0 Å². The molecule has 0 saturated carbocycles. The molecule has 1 N–H and O–H groups in total. The Morgan fingerprint density at radius 3 is 2.46 bits per heavy atom. The number of pyridine rings is 1. The van der Waals surface area contributed by atoms with Crippen LogP contribution in [-0.4, -0.2) is 36.9 Å². The van der Waals surface area contributed by atoms with E-state index in [1.165, 1.54) is 6.07 Å². The van der Waals surface area contributed by atoms with Crippen molar-refractivity contribution >= 4 is 11.7 Å². The second kappa shape index (κ2) is 11.7. The third-order valence-corrected chi connectivity index (χ3v) is 5.60. The van der Waals surface area contributed by atoms with Crippen LogP contribution in [0.3, 0.4) is 0 Å². The van der Waals surface area contributed by atoms with E-state index in [1.807, 2.05) is 32.0 Å². The minimum absolute atomic E-state index is 0.0122. The third kappa shape index (κ3) is 6.17. The molecule has 1 atom stereocenters. The molecule has 194 valence electrons. The number of benzene rings is 2. The molecule has 1 aliphatic rings. The molecule has 0 bridgehead atoms. The highest BCUT2D eigenvalue weighted by Crippen LogP contribution is 2.48. The lowest BCUT2D eigenvalue weighted by Gasteiger charge is -2.32. The number of nitrogens with zero attached hydrogens (tertiary/aromatic N) is 1. The maximum Gasteiger partial charge on any atom is 0.387 e. The minimum atomic E-state index is -3.04. The second-order valence-electron chi connectivity index (χ2n) is 8.55. The van der Waals surface area contributed by atoms with Crippen molar-refractivity contribution < 1.29 is 32.5 Å². The Balaban J connectivity index is 1.70. The molecule has 1 unspecified atom stereocenters. The van der Waals surface area contributed by atoms with Crippen LogP contribution in [0.4, 0.5) is 14.5 Å². The van der Waals surface area contributed by atoms with Crippen LogP contribution < -0.4 is 19.5 Å². The first-order valence-corrected chi connectivity index (χ1v) is 11.9. The van der Waals surface area contributed by atoms with Crippen molar-refractivity contribution in [2.45, 2.75) is 39.4 Å². The van der Waals surface area contributed by atoms with Gasteiger partial charge in [-0.2, -0.15) is 8.78 Å². The molecule has 1 aromatic heterocycles. The Bertz CT molecular complexity index is 1260. The zero-order valence-corrected chi connectivity index (χ0v) is 20.7. The van der Waals surface area contributed by atoms with Crippen molar-refractivity contribution in [3.05, 3.63) is 89.3 Å². The summed E-state index contributed by atoms with van der Waals surface area (Å²) >= 11 is 0. The van der Waals surface area contributed by atoms with Gasteiger partial charge in [0.1, 0.15) is 24.7 Å². The first-order valence-electron chi connectivity index (χ1n) is 11.9. The lowest BCUT2D eigenvalue weighted by atomic mass is 9.80. The maximum absolute atomic E-state index is 13.5. The van der Waals surface area contributed by atoms with Gasteiger partial charge in [0, 0.05) is 23.1 Å². The van der Waals surface area contributed by atoms with Crippen LogP contribution in [0.25, 0.3) is 0 Å². The van der Waals surface area contributed by atoms with E-state index in [2.05, 4.69) is 10.3 Å². The van der Waals surface area contributed by atoms with Gasteiger partial charge in [0.2, 0.25) is 5.88 Å². The molecular weight excluding hydrogens is 482 g/mol. The van der Waals surface area contributed by atoms with Gasteiger partial charge in [0.25, 0.3) is 0 Å². The number of carbonyl (C=O) groups is 1. The summed E-state index contributed by atoms with van der Waals surface area (Å²) in [6.07, 6.45) is 1.37. The maximum atomic E-state index is 13.5. The van der Waals surface area contributed by atoms with E-state index in [1.54, 1.807) is 49.5 Å². The average molecular weight is 511 g/mol. The minimum Gasteiger partial charge on any atom is -0.490 e. The fourth-order valence-corrected chi connectivity index (χ4v) is 4.18. The number of anilines is 1. The van der Waals surface area contributed by atoms with Crippen LogP contribution in [0.2, 0.25) is 0 Å². The quantitative estimate of drug-likeness (QED) is 0.268. The highest BCUT2D eigenvalue weighted by atomic mass is 19.3. The van der Waals surface area contributed by atoms with Crippen LogP contribution >= 0.6 is 0 Å². The summed E-state index contributed by atoms with van der Waals surface area (Å²) in [5.41, 5.74) is 2.28. The number of fused-ring (bicyclic) bond motifs is 1. The molecule has 2 aromatic carbocycles. The van der Waals surface area contributed by atoms with Gasteiger partial charge in [0.05, 0.1) is 23.2 Å². The molecular formula is C28H28F2N2O5. The first-order chi connectivity index (χ1) is 17.8. The van der Waals surface area contributed by atoms with E-state index in [0.717, 1.165) is 0 Å². The SMILES string of the molecule is CC1=C(C(=O)OCCOc2ccccc2)C(c2ccccc2OC(F)F)c2c(ccnc2OC(C)C)N1. The van der Waals surface area contributed by atoms with Crippen molar-refractivity contribution in [3.8, 4) is 17.4 Å². The molecule has 0 saturated heterocycles. The molecule has 37 heavy (non-hydrogen) atoms. The van der Waals surface area contributed by atoms with Gasteiger partial charge < -0.3 is 24.3 Å². The second-order valence-corrected chi connectivity index (χ2v) is 8.55. The lowest BCUT2D eigenvalue weighted by molar-refractivity contribution is -0.140. The standard InChI is InChI=1S/C28H28F2N2O5/c1-17(2)36-26-25-21(13-14-31-26)32-18(3)23(24(25)20-11-7-8-12-22(20)37-28(29)30)27(33)35-16-15-34-19-9-5-4-6-10-19/h4-14,17,24,28,32H,15-16H2,1-3H3. The predicted octanol–water partition coefficient (Wildman–Crippen LogP) is 5.92. The Labute approximate surface area is 214 Å². The largest absolute Gasteiger partial charge is 0.490 e. The molecule has 7 nitrogen and oxygen atoms in total. The first kappa shape index (κ1) is 25.9. The zero-order chi connectivity index (χ0) is 26.4. The van der Waals surface area contributed by atoms with Crippen molar-refractivity contribution in [1.82, 2.24) is 4.98 Å². The van der Waals surface area contributed by atoms with E-state index >= 15 is 0 Å². The summed E-state index contributed by atoms with van der Waals surface area (Å²) in [7, 11) is 0. The van der Waals surface area contributed by atoms with E-state index in [4.69, 9.17) is 18.9 Å². The number of esters is 1. The lowest BCUT2D eigenvalue weighted by Crippen LogP contribution is -2.27. The number of allylic oxidation sites excluding steroid dienone is 1.